The Morgan fingerprint density at radius 2 is 1.82 bits per heavy atom. The number of furan rings is 1. The summed E-state index contributed by atoms with van der Waals surface area (Å²) in [4.78, 5) is 44.4. The highest BCUT2D eigenvalue weighted by molar-refractivity contribution is 5.92. The molecule has 0 saturated carbocycles. The molecule has 0 radical (unpaired) electrons. The van der Waals surface area contributed by atoms with Crippen LogP contribution < -0.4 is 0 Å². The number of allylic oxidation sites excluding steroid dienone is 1. The van der Waals surface area contributed by atoms with E-state index in [0.29, 0.717) is 36.9 Å². The second-order valence-electron chi connectivity index (χ2n) is 11.9. The number of piperidine rings is 2. The molecule has 2 fully saturated rings. The number of ether oxygens (including phenoxy) is 1. The molecule has 7 nitrogen and oxygen atoms in total. The van der Waals surface area contributed by atoms with Crippen molar-refractivity contribution in [2.75, 3.05) is 20.2 Å². The molecule has 2 amide bonds. The Hall–Kier alpha value is -3.35. The van der Waals surface area contributed by atoms with E-state index in [1.165, 1.54) is 12.7 Å². The Kier molecular flexibility index (Phi) is 7.21. The Bertz CT molecular complexity index is 1190. The fraction of sp³-hybridized carbons (Fsp3) is 0.516. The molecule has 2 aromatic rings. The van der Waals surface area contributed by atoms with Gasteiger partial charge in [-0.15, -0.1) is 0 Å². The predicted molar refractivity (Wildman–Crippen MR) is 143 cm³/mol. The molecule has 3 aliphatic rings. The Labute approximate surface area is 224 Å². The molecule has 0 unspecified atom stereocenters. The van der Waals surface area contributed by atoms with Gasteiger partial charge < -0.3 is 19.0 Å². The molecule has 3 heterocycles. The normalized spacial score (nSPS) is 25.5. The second-order valence-corrected chi connectivity index (χ2v) is 11.9. The lowest BCUT2D eigenvalue weighted by Gasteiger charge is -2.51. The van der Waals surface area contributed by atoms with Crippen molar-refractivity contribution < 1.29 is 23.5 Å². The smallest absolute Gasteiger partial charge is 0.317 e. The molecule has 1 aliphatic carbocycles. The average molecular weight is 519 g/mol. The minimum Gasteiger partial charge on any atom is -0.468 e. The molecule has 38 heavy (non-hydrogen) atoms. The van der Waals surface area contributed by atoms with Crippen molar-refractivity contribution in [1.82, 2.24) is 9.80 Å². The van der Waals surface area contributed by atoms with Crippen LogP contribution in [0.5, 0.6) is 0 Å². The highest BCUT2D eigenvalue weighted by Crippen LogP contribution is 2.55. The molecule has 0 N–H and O–H groups in total. The van der Waals surface area contributed by atoms with Crippen LogP contribution in [0, 0.1) is 16.7 Å². The third-order valence-electron chi connectivity index (χ3n) is 8.63. The maximum Gasteiger partial charge on any atom is 0.317 e. The van der Waals surface area contributed by atoms with Crippen molar-refractivity contribution in [3.05, 3.63) is 71.8 Å². The number of esters is 1. The number of amides is 2. The summed E-state index contributed by atoms with van der Waals surface area (Å²) in [7, 11) is 1.40. The number of fused-ring (bicyclic) bond motifs is 1. The minimum atomic E-state index is -0.970. The first-order valence-corrected chi connectivity index (χ1v) is 13.7. The number of hydrogen-bond acceptors (Lipinski definition) is 5. The van der Waals surface area contributed by atoms with Crippen LogP contribution in [0.15, 0.2) is 64.9 Å². The van der Waals surface area contributed by atoms with Gasteiger partial charge in [0.15, 0.2) is 0 Å². The van der Waals surface area contributed by atoms with Gasteiger partial charge in [0.2, 0.25) is 11.8 Å². The van der Waals surface area contributed by atoms with Gasteiger partial charge in [-0.3, -0.25) is 14.4 Å². The predicted octanol–water partition coefficient (Wildman–Crippen LogP) is 5.29. The zero-order valence-electron chi connectivity index (χ0n) is 22.7. The summed E-state index contributed by atoms with van der Waals surface area (Å²) in [5.41, 5.74) is 0.900. The Balaban J connectivity index is 1.37. The van der Waals surface area contributed by atoms with Gasteiger partial charge in [0.05, 0.1) is 19.9 Å². The van der Waals surface area contributed by atoms with Gasteiger partial charge in [-0.1, -0.05) is 50.3 Å². The van der Waals surface area contributed by atoms with E-state index in [0.717, 1.165) is 19.3 Å². The molecule has 1 aromatic heterocycles. The topological polar surface area (TPSA) is 80.1 Å². The van der Waals surface area contributed by atoms with E-state index in [1.807, 2.05) is 23.1 Å². The summed E-state index contributed by atoms with van der Waals surface area (Å²) in [6.07, 6.45) is 7.11. The molecule has 1 aromatic carbocycles. The second kappa shape index (κ2) is 10.4. The third-order valence-corrected chi connectivity index (χ3v) is 8.63. The van der Waals surface area contributed by atoms with E-state index in [4.69, 9.17) is 9.15 Å². The maximum absolute atomic E-state index is 13.9. The largest absolute Gasteiger partial charge is 0.468 e. The number of hydrogen-bond donors (Lipinski definition) is 0. The van der Waals surface area contributed by atoms with Gasteiger partial charge >= 0.3 is 5.97 Å². The van der Waals surface area contributed by atoms with Gasteiger partial charge in [0.25, 0.3) is 0 Å². The summed E-state index contributed by atoms with van der Waals surface area (Å²) in [6, 6.07) is 14.1. The fourth-order valence-corrected chi connectivity index (χ4v) is 6.80. The van der Waals surface area contributed by atoms with E-state index in [9.17, 15) is 14.4 Å². The van der Waals surface area contributed by atoms with Crippen LogP contribution in [0.2, 0.25) is 0 Å². The van der Waals surface area contributed by atoms with Crippen LogP contribution in [0.25, 0.3) is 0 Å². The van der Waals surface area contributed by atoms with Crippen LogP contribution in [-0.2, 0) is 25.7 Å². The molecule has 0 spiro atoms. The van der Waals surface area contributed by atoms with E-state index in [2.05, 4.69) is 38.1 Å². The molecule has 2 atom stereocenters. The molecule has 0 bridgehead atoms. The highest BCUT2D eigenvalue weighted by Gasteiger charge is 2.57. The molecular formula is C31H38N2O5. The number of methoxy groups -OCH3 is 1. The van der Waals surface area contributed by atoms with Gasteiger partial charge in [0.1, 0.15) is 11.2 Å². The van der Waals surface area contributed by atoms with Gasteiger partial charge in [-0.2, -0.15) is 0 Å². The lowest BCUT2D eigenvalue weighted by Crippen LogP contribution is -2.55. The number of carbonyl (C=O) groups is 3. The van der Waals surface area contributed by atoms with Crippen molar-refractivity contribution in [2.45, 2.75) is 64.8 Å². The number of benzene rings is 1. The average Bonchev–Trinajstić information content (AvgIpc) is 3.44. The molecule has 5 rings (SSSR count). The SMILES string of the molecule is COC(=O)[C@@]12C[C@@H](CC(=O)N3CCC(c4ccccc4)CC3)C(=O)N(Cc3ccco3)C1=CCC(C)(C)C2. The van der Waals surface area contributed by atoms with Crippen molar-refractivity contribution >= 4 is 17.8 Å². The molecule has 7 heteroatoms. The molecule has 202 valence electrons. The van der Waals surface area contributed by atoms with Crippen molar-refractivity contribution in [1.29, 1.82) is 0 Å². The van der Waals surface area contributed by atoms with Gasteiger partial charge in [0, 0.05) is 31.1 Å². The first-order valence-electron chi connectivity index (χ1n) is 13.7. The third kappa shape index (κ3) is 5.03. The van der Waals surface area contributed by atoms with Crippen LogP contribution >= 0.6 is 0 Å². The van der Waals surface area contributed by atoms with E-state index < -0.39 is 11.3 Å². The van der Waals surface area contributed by atoms with Crippen LogP contribution in [0.1, 0.15) is 69.6 Å². The van der Waals surface area contributed by atoms with Crippen LogP contribution in [0.3, 0.4) is 0 Å². The number of likely N-dealkylation sites (tertiary alicyclic amines) is 2. The molecular weight excluding hydrogens is 480 g/mol. The van der Waals surface area contributed by atoms with Crippen molar-refractivity contribution in [3.8, 4) is 0 Å². The standard InChI is InChI=1S/C31H38N2O5/c1-30(2)14-11-26-31(21-30,29(36)37-3)19-24(28(35)33(26)20-25-10-7-17-38-25)18-27(34)32-15-12-23(13-16-32)22-8-5-4-6-9-22/h4-11,17,23-24H,12-16,18-21H2,1-3H3/t24-,31-/m1/s1. The summed E-state index contributed by atoms with van der Waals surface area (Å²) >= 11 is 0. The van der Waals surface area contributed by atoms with E-state index in [-0.39, 0.29) is 42.6 Å². The Morgan fingerprint density at radius 1 is 1.08 bits per heavy atom. The van der Waals surface area contributed by atoms with Crippen molar-refractivity contribution in [2.24, 2.45) is 16.7 Å². The molecule has 2 aliphatic heterocycles. The van der Waals surface area contributed by atoms with Crippen LogP contribution in [-0.4, -0.2) is 47.8 Å². The summed E-state index contributed by atoms with van der Waals surface area (Å²) in [5, 5.41) is 0. The van der Waals surface area contributed by atoms with E-state index >= 15 is 0 Å². The first-order chi connectivity index (χ1) is 18.2. The van der Waals surface area contributed by atoms with Crippen molar-refractivity contribution in [3.63, 3.8) is 0 Å². The zero-order chi connectivity index (χ0) is 26.9. The summed E-state index contributed by atoms with van der Waals surface area (Å²) in [5.74, 6) is -0.00305. The number of carbonyl (C=O) groups excluding carboxylic acids is 3. The summed E-state index contributed by atoms with van der Waals surface area (Å²) < 4.78 is 10.9. The number of nitrogens with zero attached hydrogens (tertiary/aromatic N) is 2. The zero-order valence-corrected chi connectivity index (χ0v) is 22.7. The highest BCUT2D eigenvalue weighted by atomic mass is 16.5. The quantitative estimate of drug-likeness (QED) is 0.486. The Morgan fingerprint density at radius 3 is 2.47 bits per heavy atom. The van der Waals surface area contributed by atoms with E-state index in [1.54, 1.807) is 17.2 Å². The summed E-state index contributed by atoms with van der Waals surface area (Å²) in [6.45, 7) is 5.85. The number of rotatable bonds is 6. The first kappa shape index (κ1) is 26.3. The van der Waals surface area contributed by atoms with Gasteiger partial charge in [-0.05, 0) is 61.1 Å². The van der Waals surface area contributed by atoms with Gasteiger partial charge in [-0.25, -0.2) is 0 Å². The minimum absolute atomic E-state index is 0.0182. The fourth-order valence-electron chi connectivity index (χ4n) is 6.80. The monoisotopic (exact) mass is 518 g/mol. The van der Waals surface area contributed by atoms with Crippen LogP contribution in [0.4, 0.5) is 0 Å². The maximum atomic E-state index is 13.9. The lowest BCUT2D eigenvalue weighted by molar-refractivity contribution is -0.163. The molecule has 2 saturated heterocycles. The lowest BCUT2D eigenvalue weighted by atomic mass is 9.59.